The van der Waals surface area contributed by atoms with E-state index in [-0.39, 0.29) is 24.1 Å². The van der Waals surface area contributed by atoms with Crippen molar-refractivity contribution in [1.29, 1.82) is 0 Å². The molecule has 3 unspecified atom stereocenters. The molecule has 1 aromatic carbocycles. The van der Waals surface area contributed by atoms with E-state index in [0.717, 1.165) is 37.4 Å². The first kappa shape index (κ1) is 21.7. The number of hydrogen-bond acceptors (Lipinski definition) is 6. The summed E-state index contributed by atoms with van der Waals surface area (Å²) < 4.78 is 5.92. The average molecular weight is 442 g/mol. The molecule has 0 bridgehead atoms. The number of amides is 2. The molecule has 8 heteroatoms. The number of hydrazine groups is 1. The van der Waals surface area contributed by atoms with Crippen LogP contribution in [0.2, 0.25) is 0 Å². The number of rotatable bonds is 3. The molecule has 32 heavy (non-hydrogen) atoms. The highest BCUT2D eigenvalue weighted by Gasteiger charge is 2.38. The van der Waals surface area contributed by atoms with Crippen LogP contribution >= 0.6 is 0 Å². The molecule has 0 aromatic heterocycles. The highest BCUT2D eigenvalue weighted by atomic mass is 16.6. The Labute approximate surface area is 190 Å². The third-order valence-corrected chi connectivity index (χ3v) is 7.21. The fraction of sp³-hybridized carbons (Fsp3) is 0.667. The maximum Gasteiger partial charge on any atom is 0.414 e. The maximum atomic E-state index is 13.3. The van der Waals surface area contributed by atoms with Crippen molar-refractivity contribution in [2.45, 2.75) is 64.1 Å². The number of carbonyl (C=O) groups excluding carboxylic acids is 2. The lowest BCUT2D eigenvalue weighted by Crippen LogP contribution is -2.52. The van der Waals surface area contributed by atoms with E-state index in [2.05, 4.69) is 34.8 Å². The third kappa shape index (κ3) is 4.23. The fourth-order valence-corrected chi connectivity index (χ4v) is 5.43. The van der Waals surface area contributed by atoms with Crippen molar-refractivity contribution >= 4 is 23.4 Å². The van der Waals surface area contributed by atoms with Crippen LogP contribution in [0.3, 0.4) is 0 Å². The van der Waals surface area contributed by atoms with E-state index in [1.54, 1.807) is 16.7 Å². The van der Waals surface area contributed by atoms with E-state index >= 15 is 0 Å². The average Bonchev–Trinajstić information content (AvgIpc) is 3.49. The lowest BCUT2D eigenvalue weighted by atomic mass is 9.96. The smallest absolute Gasteiger partial charge is 0.414 e. The van der Waals surface area contributed by atoms with Crippen molar-refractivity contribution in [3.8, 4) is 0 Å². The first-order valence-corrected chi connectivity index (χ1v) is 12.0. The van der Waals surface area contributed by atoms with Gasteiger partial charge in [-0.3, -0.25) is 15.1 Å². The first-order chi connectivity index (χ1) is 15.4. The second-order valence-corrected chi connectivity index (χ2v) is 10.0. The van der Waals surface area contributed by atoms with Gasteiger partial charge in [0.1, 0.15) is 6.10 Å². The monoisotopic (exact) mass is 441 g/mol. The minimum Gasteiger partial charge on any atom is -0.444 e. The van der Waals surface area contributed by atoms with Gasteiger partial charge in [-0.15, -0.1) is 0 Å². The van der Waals surface area contributed by atoms with Gasteiger partial charge < -0.3 is 15.0 Å². The predicted octanol–water partition coefficient (Wildman–Crippen LogP) is 2.45. The van der Waals surface area contributed by atoms with Crippen molar-refractivity contribution in [2.75, 3.05) is 42.5 Å². The molecule has 3 aliphatic heterocycles. The van der Waals surface area contributed by atoms with E-state index < -0.39 is 0 Å². The Morgan fingerprint density at radius 2 is 1.88 bits per heavy atom. The lowest BCUT2D eigenvalue weighted by molar-refractivity contribution is -0.117. The SMILES string of the molecule is CC(=O)N1c2ccc(C3CNN(C4CC4)C3)cc2N(C(=O)OC2CNCC(C)C2)C[C@@H]1C. The van der Waals surface area contributed by atoms with Crippen molar-refractivity contribution in [3.63, 3.8) is 0 Å². The Balaban J connectivity index is 1.41. The van der Waals surface area contributed by atoms with Gasteiger partial charge in [0.05, 0.1) is 17.4 Å². The Morgan fingerprint density at radius 1 is 1.06 bits per heavy atom. The van der Waals surface area contributed by atoms with Crippen LogP contribution in [0.1, 0.15) is 51.5 Å². The molecule has 0 spiro atoms. The van der Waals surface area contributed by atoms with Crippen molar-refractivity contribution in [1.82, 2.24) is 15.8 Å². The van der Waals surface area contributed by atoms with Gasteiger partial charge in [-0.05, 0) is 56.3 Å². The Morgan fingerprint density at radius 3 is 2.59 bits per heavy atom. The Hall–Kier alpha value is -2.16. The summed E-state index contributed by atoms with van der Waals surface area (Å²) in [5.41, 5.74) is 6.30. The summed E-state index contributed by atoms with van der Waals surface area (Å²) in [6.07, 6.45) is 2.97. The number of nitrogens with zero attached hydrogens (tertiary/aromatic N) is 3. The number of ether oxygens (including phenoxy) is 1. The van der Waals surface area contributed by atoms with Crippen LogP contribution in [0.5, 0.6) is 0 Å². The molecule has 1 aliphatic carbocycles. The van der Waals surface area contributed by atoms with Crippen LogP contribution < -0.4 is 20.5 Å². The van der Waals surface area contributed by atoms with Gasteiger partial charge in [-0.2, -0.15) is 0 Å². The number of nitrogens with one attached hydrogen (secondary N) is 2. The maximum absolute atomic E-state index is 13.3. The van der Waals surface area contributed by atoms with Crippen molar-refractivity contribution in [2.24, 2.45) is 5.92 Å². The standard InChI is InChI=1S/C24H35N5O3/c1-15-8-21(12-25-10-15)32-24(31)27-13-16(2)29(17(3)30)22-7-4-18(9-23(22)27)19-11-26-28(14-19)20-5-6-20/h4,7,9,15-16,19-21,25-26H,5-6,8,10-14H2,1-3H3/t15?,16-,19?,21?/m0/s1. The van der Waals surface area contributed by atoms with Gasteiger partial charge >= 0.3 is 6.09 Å². The van der Waals surface area contributed by atoms with Gasteiger partial charge in [0.15, 0.2) is 0 Å². The molecular formula is C24H35N5O3. The molecule has 1 aromatic rings. The van der Waals surface area contributed by atoms with E-state index in [0.29, 0.717) is 31.0 Å². The predicted molar refractivity (Wildman–Crippen MR) is 124 cm³/mol. The summed E-state index contributed by atoms with van der Waals surface area (Å²) in [5.74, 6) is 0.845. The molecule has 8 nitrogen and oxygen atoms in total. The molecule has 5 rings (SSSR count). The number of carbonyl (C=O) groups is 2. The molecule has 1 saturated carbocycles. The number of anilines is 2. The minimum atomic E-state index is -0.316. The first-order valence-electron chi connectivity index (χ1n) is 12.0. The zero-order valence-corrected chi connectivity index (χ0v) is 19.3. The Kier molecular flexibility index (Phi) is 5.86. The number of fused-ring (bicyclic) bond motifs is 1. The van der Waals surface area contributed by atoms with E-state index in [1.807, 2.05) is 13.0 Å². The second-order valence-electron chi connectivity index (χ2n) is 10.0. The molecule has 4 aliphatic rings. The van der Waals surface area contributed by atoms with Crippen LogP contribution in [0.25, 0.3) is 0 Å². The molecule has 2 saturated heterocycles. The highest BCUT2D eigenvalue weighted by Crippen LogP contribution is 2.40. The van der Waals surface area contributed by atoms with Crippen LogP contribution in [0.15, 0.2) is 18.2 Å². The van der Waals surface area contributed by atoms with Crippen LogP contribution in [-0.2, 0) is 9.53 Å². The number of piperidine rings is 1. The van der Waals surface area contributed by atoms with Crippen LogP contribution in [0, 0.1) is 5.92 Å². The van der Waals surface area contributed by atoms with E-state index in [1.165, 1.54) is 18.4 Å². The molecule has 3 heterocycles. The zero-order chi connectivity index (χ0) is 22.4. The number of benzene rings is 1. The quantitative estimate of drug-likeness (QED) is 0.750. The summed E-state index contributed by atoms with van der Waals surface area (Å²) in [7, 11) is 0. The summed E-state index contributed by atoms with van der Waals surface area (Å²) in [4.78, 5) is 29.3. The van der Waals surface area contributed by atoms with Crippen molar-refractivity contribution in [3.05, 3.63) is 23.8 Å². The molecular weight excluding hydrogens is 406 g/mol. The third-order valence-electron chi connectivity index (χ3n) is 7.21. The normalized spacial score (nSPS) is 30.8. The van der Waals surface area contributed by atoms with E-state index in [9.17, 15) is 9.59 Å². The largest absolute Gasteiger partial charge is 0.444 e. The summed E-state index contributed by atoms with van der Waals surface area (Å²) >= 11 is 0. The van der Waals surface area contributed by atoms with E-state index in [4.69, 9.17) is 4.74 Å². The molecule has 174 valence electrons. The minimum absolute atomic E-state index is 0.00716. The van der Waals surface area contributed by atoms with Crippen molar-refractivity contribution < 1.29 is 14.3 Å². The molecule has 3 fully saturated rings. The topological polar surface area (TPSA) is 77.2 Å². The molecule has 0 radical (unpaired) electrons. The Bertz CT molecular complexity index is 888. The van der Waals surface area contributed by atoms with Gasteiger partial charge in [0.2, 0.25) is 5.91 Å². The second kappa shape index (κ2) is 8.65. The van der Waals surface area contributed by atoms with Crippen LogP contribution in [0.4, 0.5) is 16.2 Å². The molecule has 2 amide bonds. The summed E-state index contributed by atoms with van der Waals surface area (Å²) in [5, 5.41) is 5.71. The molecule has 4 atom stereocenters. The summed E-state index contributed by atoms with van der Waals surface area (Å²) in [6.45, 7) is 9.70. The van der Waals surface area contributed by atoms with Gasteiger partial charge in [0.25, 0.3) is 0 Å². The number of hydrogen-bond donors (Lipinski definition) is 2. The van der Waals surface area contributed by atoms with Gasteiger partial charge in [-0.1, -0.05) is 13.0 Å². The highest BCUT2D eigenvalue weighted by molar-refractivity contribution is 6.02. The molecule has 2 N–H and O–H groups in total. The lowest BCUT2D eigenvalue weighted by Gasteiger charge is -2.41. The summed E-state index contributed by atoms with van der Waals surface area (Å²) in [6, 6.07) is 6.78. The van der Waals surface area contributed by atoms with Gasteiger partial charge in [0, 0.05) is 45.1 Å². The van der Waals surface area contributed by atoms with Crippen LogP contribution in [-0.4, -0.2) is 67.9 Å². The zero-order valence-electron chi connectivity index (χ0n) is 19.3. The van der Waals surface area contributed by atoms with Gasteiger partial charge in [-0.25, -0.2) is 9.80 Å². The fourth-order valence-electron chi connectivity index (χ4n) is 5.43.